The van der Waals surface area contributed by atoms with E-state index in [9.17, 15) is 0 Å². The molecule has 3 nitrogen and oxygen atoms in total. The Hall–Kier alpha value is -0.910. The number of thioether (sulfide) groups is 1. The summed E-state index contributed by atoms with van der Waals surface area (Å²) in [7, 11) is 0. The van der Waals surface area contributed by atoms with Crippen molar-refractivity contribution in [2.24, 2.45) is 0 Å². The van der Waals surface area contributed by atoms with Gasteiger partial charge in [0.25, 0.3) is 0 Å². The highest BCUT2D eigenvalue weighted by Crippen LogP contribution is 2.19. The molecule has 2 rings (SSSR count). The number of hydrogen-bond acceptors (Lipinski definition) is 5. The van der Waals surface area contributed by atoms with Gasteiger partial charge in [0, 0.05) is 34.6 Å². The summed E-state index contributed by atoms with van der Waals surface area (Å²) in [6, 6.07) is 6.25. The van der Waals surface area contributed by atoms with E-state index in [-0.39, 0.29) is 0 Å². The zero-order valence-corrected chi connectivity index (χ0v) is 13.1. The highest BCUT2D eigenvalue weighted by molar-refractivity contribution is 7.99. The molecule has 0 fully saturated rings. The minimum atomic E-state index is 0.459. The normalized spacial score (nSPS) is 12.6. The molecule has 0 aliphatic rings. The van der Waals surface area contributed by atoms with Crippen molar-refractivity contribution >= 4 is 23.1 Å². The van der Waals surface area contributed by atoms with Gasteiger partial charge in [-0.15, -0.1) is 11.3 Å². The van der Waals surface area contributed by atoms with Gasteiger partial charge in [-0.3, -0.25) is 0 Å². The van der Waals surface area contributed by atoms with Gasteiger partial charge in [-0.05, 0) is 31.4 Å². The third-order valence-corrected chi connectivity index (χ3v) is 4.42. The summed E-state index contributed by atoms with van der Waals surface area (Å²) in [5.41, 5.74) is 2.07. The molecule has 0 aromatic carbocycles. The van der Waals surface area contributed by atoms with E-state index in [1.807, 2.05) is 19.9 Å². The molecular weight excluding hydrogens is 274 g/mol. The van der Waals surface area contributed by atoms with E-state index in [2.05, 4.69) is 39.7 Å². The second kappa shape index (κ2) is 7.03. The number of aryl methyl sites for hydroxylation is 2. The molecule has 0 amide bonds. The largest absolute Gasteiger partial charge is 0.311 e. The van der Waals surface area contributed by atoms with Crippen LogP contribution in [0.15, 0.2) is 28.7 Å². The van der Waals surface area contributed by atoms with E-state index in [0.29, 0.717) is 5.25 Å². The van der Waals surface area contributed by atoms with Crippen molar-refractivity contribution in [3.63, 3.8) is 0 Å². The Morgan fingerprint density at radius 1 is 1.32 bits per heavy atom. The summed E-state index contributed by atoms with van der Waals surface area (Å²) in [5, 5.41) is 6.92. The van der Waals surface area contributed by atoms with E-state index in [1.54, 1.807) is 23.1 Å². The molecule has 0 saturated heterocycles. The van der Waals surface area contributed by atoms with Crippen LogP contribution in [0.3, 0.4) is 0 Å². The van der Waals surface area contributed by atoms with Gasteiger partial charge in [0.15, 0.2) is 5.16 Å². The van der Waals surface area contributed by atoms with E-state index in [4.69, 9.17) is 0 Å². The number of aromatic nitrogens is 2. The molecule has 0 bridgehead atoms. The third kappa shape index (κ3) is 4.93. The van der Waals surface area contributed by atoms with Gasteiger partial charge in [0.2, 0.25) is 0 Å². The molecule has 1 N–H and O–H groups in total. The molecular formula is C14H19N3S2. The Labute approximate surface area is 122 Å². The fourth-order valence-corrected chi connectivity index (χ4v) is 3.41. The van der Waals surface area contributed by atoms with Gasteiger partial charge in [-0.25, -0.2) is 9.97 Å². The van der Waals surface area contributed by atoms with Crippen molar-refractivity contribution in [2.45, 2.75) is 37.7 Å². The molecule has 2 aromatic heterocycles. The van der Waals surface area contributed by atoms with Crippen molar-refractivity contribution in [2.75, 3.05) is 6.54 Å². The van der Waals surface area contributed by atoms with Gasteiger partial charge in [-0.1, -0.05) is 24.8 Å². The number of rotatable bonds is 6. The predicted molar refractivity (Wildman–Crippen MR) is 82.9 cm³/mol. The van der Waals surface area contributed by atoms with Gasteiger partial charge in [0.05, 0.1) is 0 Å². The maximum atomic E-state index is 4.46. The molecule has 1 atom stereocenters. The van der Waals surface area contributed by atoms with Crippen molar-refractivity contribution < 1.29 is 0 Å². The summed E-state index contributed by atoms with van der Waals surface area (Å²) < 4.78 is 0. The lowest BCUT2D eigenvalue weighted by Crippen LogP contribution is -2.22. The van der Waals surface area contributed by atoms with Gasteiger partial charge < -0.3 is 5.32 Å². The molecule has 0 saturated carbocycles. The van der Waals surface area contributed by atoms with Crippen LogP contribution in [-0.4, -0.2) is 21.8 Å². The first kappa shape index (κ1) is 14.5. The van der Waals surface area contributed by atoms with Crippen LogP contribution in [-0.2, 0) is 6.54 Å². The third-order valence-electron chi connectivity index (χ3n) is 2.58. The zero-order chi connectivity index (χ0) is 13.7. The van der Waals surface area contributed by atoms with Crippen LogP contribution in [0, 0.1) is 13.8 Å². The molecule has 5 heteroatoms. The maximum Gasteiger partial charge on any atom is 0.188 e. The quantitative estimate of drug-likeness (QED) is 0.654. The van der Waals surface area contributed by atoms with E-state index in [0.717, 1.165) is 29.6 Å². The van der Waals surface area contributed by atoms with Crippen LogP contribution >= 0.6 is 23.1 Å². The second-order valence-corrected chi connectivity index (χ2v) is 7.01. The van der Waals surface area contributed by atoms with Crippen LogP contribution in [0.2, 0.25) is 0 Å². The first-order chi connectivity index (χ1) is 9.13. The Morgan fingerprint density at radius 2 is 2.05 bits per heavy atom. The van der Waals surface area contributed by atoms with Crippen molar-refractivity contribution in [1.29, 1.82) is 0 Å². The predicted octanol–water partition coefficient (Wildman–Crippen LogP) is 3.43. The summed E-state index contributed by atoms with van der Waals surface area (Å²) in [5.74, 6) is 0. The minimum Gasteiger partial charge on any atom is -0.311 e. The lowest BCUT2D eigenvalue weighted by Gasteiger charge is -2.11. The first-order valence-electron chi connectivity index (χ1n) is 6.35. The number of nitrogens with one attached hydrogen (secondary N) is 1. The van der Waals surface area contributed by atoms with E-state index >= 15 is 0 Å². The van der Waals surface area contributed by atoms with Gasteiger partial charge in [-0.2, -0.15) is 0 Å². The smallest absolute Gasteiger partial charge is 0.188 e. The van der Waals surface area contributed by atoms with Crippen LogP contribution in [0.1, 0.15) is 23.2 Å². The summed E-state index contributed by atoms with van der Waals surface area (Å²) in [6.07, 6.45) is 0. The number of nitrogens with zero attached hydrogens (tertiary/aromatic N) is 2. The van der Waals surface area contributed by atoms with Crippen LogP contribution < -0.4 is 5.32 Å². The van der Waals surface area contributed by atoms with Crippen LogP contribution in [0.4, 0.5) is 0 Å². The molecule has 0 aliphatic heterocycles. The van der Waals surface area contributed by atoms with Gasteiger partial charge >= 0.3 is 0 Å². The fraction of sp³-hybridized carbons (Fsp3) is 0.429. The average Bonchev–Trinajstić information content (AvgIpc) is 2.80. The average molecular weight is 293 g/mol. The molecule has 0 aliphatic carbocycles. The molecule has 2 heterocycles. The van der Waals surface area contributed by atoms with Crippen molar-refractivity contribution in [1.82, 2.24) is 15.3 Å². The van der Waals surface area contributed by atoms with Crippen LogP contribution in [0.25, 0.3) is 0 Å². The summed E-state index contributed by atoms with van der Waals surface area (Å²) in [4.78, 5) is 10.3. The summed E-state index contributed by atoms with van der Waals surface area (Å²) in [6.45, 7) is 8.12. The van der Waals surface area contributed by atoms with E-state index in [1.165, 1.54) is 4.88 Å². The lowest BCUT2D eigenvalue weighted by molar-refractivity contribution is 0.688. The van der Waals surface area contributed by atoms with Crippen molar-refractivity contribution in [3.8, 4) is 0 Å². The Bertz CT molecular complexity index is 491. The van der Waals surface area contributed by atoms with Gasteiger partial charge in [0.1, 0.15) is 0 Å². The topological polar surface area (TPSA) is 37.8 Å². The lowest BCUT2D eigenvalue weighted by atomic mass is 10.4. The number of hydrogen-bond donors (Lipinski definition) is 1. The molecule has 2 aromatic rings. The highest BCUT2D eigenvalue weighted by atomic mass is 32.2. The molecule has 19 heavy (non-hydrogen) atoms. The highest BCUT2D eigenvalue weighted by Gasteiger charge is 2.07. The minimum absolute atomic E-state index is 0.459. The SMILES string of the molecule is Cc1cc(C)nc(SC(C)CNCc2cccs2)n1. The summed E-state index contributed by atoms with van der Waals surface area (Å²) >= 11 is 3.52. The fourth-order valence-electron chi connectivity index (χ4n) is 1.78. The molecule has 102 valence electrons. The maximum absolute atomic E-state index is 4.46. The number of thiophene rings is 1. The molecule has 1 unspecified atom stereocenters. The Morgan fingerprint density at radius 3 is 2.68 bits per heavy atom. The molecule has 0 spiro atoms. The Kier molecular flexibility index (Phi) is 5.36. The van der Waals surface area contributed by atoms with Crippen LogP contribution in [0.5, 0.6) is 0 Å². The van der Waals surface area contributed by atoms with Crippen molar-refractivity contribution in [3.05, 3.63) is 39.8 Å². The second-order valence-electron chi connectivity index (χ2n) is 4.57. The molecule has 0 radical (unpaired) electrons. The monoisotopic (exact) mass is 293 g/mol. The zero-order valence-electron chi connectivity index (χ0n) is 11.5. The standard InChI is InChI=1S/C14H19N3S2/c1-10-7-11(2)17-14(16-10)19-12(3)8-15-9-13-5-4-6-18-13/h4-7,12,15H,8-9H2,1-3H3. The Balaban J connectivity index is 1.78. The first-order valence-corrected chi connectivity index (χ1v) is 8.11. The van der Waals surface area contributed by atoms with E-state index < -0.39 is 0 Å².